The van der Waals surface area contributed by atoms with Gasteiger partial charge in [0.15, 0.2) is 0 Å². The van der Waals surface area contributed by atoms with E-state index in [1.807, 2.05) is 0 Å². The molecular weight excluding hydrogens is 206 g/mol. The van der Waals surface area contributed by atoms with Crippen molar-refractivity contribution in [3.63, 3.8) is 0 Å². The minimum Gasteiger partial charge on any atom is -0.364 e. The number of ether oxygens (including phenoxy) is 1. The lowest BCUT2D eigenvalue weighted by atomic mass is 10.2. The number of amides is 1. The monoisotopic (exact) mass is 221 g/mol. The van der Waals surface area contributed by atoms with Crippen LogP contribution in [0.1, 0.15) is 12.8 Å². The summed E-state index contributed by atoms with van der Waals surface area (Å²) in [4.78, 5) is 15.7. The molecule has 1 fully saturated rings. The topological polar surface area (TPSA) is 77.2 Å². The number of nitrogens with one attached hydrogen (secondary N) is 1. The van der Waals surface area contributed by atoms with Gasteiger partial charge in [0.25, 0.3) is 5.91 Å². The lowest BCUT2D eigenvalue weighted by Gasteiger charge is -2.12. The van der Waals surface area contributed by atoms with Crippen molar-refractivity contribution in [2.75, 3.05) is 11.9 Å². The number of hydrogen-bond donors (Lipinski definition) is 2. The first kappa shape index (κ1) is 11.0. The van der Waals surface area contributed by atoms with Crippen LogP contribution in [-0.4, -0.2) is 29.6 Å². The van der Waals surface area contributed by atoms with Gasteiger partial charge in [0, 0.05) is 12.7 Å². The number of hydrogen-bond acceptors (Lipinski definition) is 4. The summed E-state index contributed by atoms with van der Waals surface area (Å²) in [5, 5.41) is 2.76. The van der Waals surface area contributed by atoms with E-state index in [-0.39, 0.29) is 18.1 Å². The zero-order valence-electron chi connectivity index (χ0n) is 8.93. The number of aromatic nitrogens is 1. The second kappa shape index (κ2) is 5.05. The van der Waals surface area contributed by atoms with Gasteiger partial charge in [-0.05, 0) is 25.0 Å². The van der Waals surface area contributed by atoms with Crippen LogP contribution in [0, 0.1) is 0 Å². The van der Waals surface area contributed by atoms with Crippen molar-refractivity contribution in [2.24, 2.45) is 5.73 Å². The van der Waals surface area contributed by atoms with Crippen LogP contribution in [0.5, 0.6) is 0 Å². The first-order valence-corrected chi connectivity index (χ1v) is 5.36. The van der Waals surface area contributed by atoms with E-state index in [0.29, 0.717) is 12.2 Å². The fourth-order valence-electron chi connectivity index (χ4n) is 1.73. The molecule has 0 aromatic carbocycles. The highest BCUT2D eigenvalue weighted by atomic mass is 16.5. The minimum atomic E-state index is -0.381. The van der Waals surface area contributed by atoms with Crippen molar-refractivity contribution in [1.29, 1.82) is 0 Å². The van der Waals surface area contributed by atoms with Crippen LogP contribution < -0.4 is 11.1 Å². The summed E-state index contributed by atoms with van der Waals surface area (Å²) < 4.78 is 5.49. The molecule has 1 saturated heterocycles. The van der Waals surface area contributed by atoms with Gasteiger partial charge < -0.3 is 15.8 Å². The lowest BCUT2D eigenvalue weighted by Crippen LogP contribution is -2.29. The summed E-state index contributed by atoms with van der Waals surface area (Å²) >= 11 is 0. The van der Waals surface area contributed by atoms with Crippen molar-refractivity contribution in [2.45, 2.75) is 25.0 Å². The molecule has 3 N–H and O–H groups in total. The van der Waals surface area contributed by atoms with Gasteiger partial charge in [0.1, 0.15) is 6.10 Å². The predicted molar refractivity (Wildman–Crippen MR) is 59.8 cm³/mol. The van der Waals surface area contributed by atoms with Crippen molar-refractivity contribution in [3.05, 3.63) is 24.5 Å². The number of pyridine rings is 1. The van der Waals surface area contributed by atoms with Crippen LogP contribution in [0.4, 0.5) is 5.69 Å². The fourth-order valence-corrected chi connectivity index (χ4v) is 1.73. The SMILES string of the molecule is NCC1CCC(C(=O)Nc2cccnc2)O1. The van der Waals surface area contributed by atoms with Gasteiger partial charge in [-0.2, -0.15) is 0 Å². The maximum Gasteiger partial charge on any atom is 0.253 e. The van der Waals surface area contributed by atoms with Crippen molar-refractivity contribution < 1.29 is 9.53 Å². The number of rotatable bonds is 3. The molecular formula is C11H15N3O2. The Kier molecular flexibility index (Phi) is 3.48. The van der Waals surface area contributed by atoms with Gasteiger partial charge in [-0.1, -0.05) is 0 Å². The largest absolute Gasteiger partial charge is 0.364 e. The Hall–Kier alpha value is -1.46. The molecule has 16 heavy (non-hydrogen) atoms. The highest BCUT2D eigenvalue weighted by Gasteiger charge is 2.29. The van der Waals surface area contributed by atoms with E-state index in [1.165, 1.54) is 0 Å². The Balaban J connectivity index is 1.90. The third kappa shape index (κ3) is 2.56. The second-order valence-corrected chi connectivity index (χ2v) is 3.79. The van der Waals surface area contributed by atoms with Gasteiger partial charge in [-0.15, -0.1) is 0 Å². The van der Waals surface area contributed by atoms with Gasteiger partial charge in [-0.3, -0.25) is 9.78 Å². The number of nitrogens with zero attached hydrogens (tertiary/aromatic N) is 1. The molecule has 1 aromatic rings. The molecule has 1 aliphatic heterocycles. The van der Waals surface area contributed by atoms with E-state index in [4.69, 9.17) is 10.5 Å². The molecule has 0 bridgehead atoms. The smallest absolute Gasteiger partial charge is 0.253 e. The summed E-state index contributed by atoms with van der Waals surface area (Å²) in [6.45, 7) is 0.469. The normalized spacial score (nSPS) is 24.3. The molecule has 0 saturated carbocycles. The molecule has 5 heteroatoms. The van der Waals surface area contributed by atoms with E-state index in [9.17, 15) is 4.79 Å². The zero-order valence-corrected chi connectivity index (χ0v) is 8.93. The molecule has 1 aromatic heterocycles. The molecule has 5 nitrogen and oxygen atoms in total. The van der Waals surface area contributed by atoms with Crippen molar-refractivity contribution in [1.82, 2.24) is 4.98 Å². The van der Waals surface area contributed by atoms with Gasteiger partial charge in [0.05, 0.1) is 18.0 Å². The Labute approximate surface area is 94.0 Å². The Bertz CT molecular complexity index is 356. The van der Waals surface area contributed by atoms with Crippen LogP contribution >= 0.6 is 0 Å². The van der Waals surface area contributed by atoms with Crippen LogP contribution in [-0.2, 0) is 9.53 Å². The van der Waals surface area contributed by atoms with E-state index >= 15 is 0 Å². The fraction of sp³-hybridized carbons (Fsp3) is 0.455. The summed E-state index contributed by atoms with van der Waals surface area (Å²) in [6.07, 6.45) is 4.48. The van der Waals surface area contributed by atoms with Crippen LogP contribution in [0.25, 0.3) is 0 Å². The molecule has 1 amide bonds. The van der Waals surface area contributed by atoms with Gasteiger partial charge in [0.2, 0.25) is 0 Å². The Morgan fingerprint density at radius 2 is 2.50 bits per heavy atom. The highest BCUT2D eigenvalue weighted by Crippen LogP contribution is 2.20. The Morgan fingerprint density at radius 3 is 3.12 bits per heavy atom. The van der Waals surface area contributed by atoms with Crippen molar-refractivity contribution in [3.8, 4) is 0 Å². The lowest BCUT2D eigenvalue weighted by molar-refractivity contribution is -0.126. The zero-order chi connectivity index (χ0) is 11.4. The predicted octanol–water partition coefficient (Wildman–Crippen LogP) is 0.526. The van der Waals surface area contributed by atoms with Crippen molar-refractivity contribution >= 4 is 11.6 Å². The first-order valence-electron chi connectivity index (χ1n) is 5.36. The maximum absolute atomic E-state index is 11.8. The summed E-state index contributed by atoms with van der Waals surface area (Å²) in [7, 11) is 0. The quantitative estimate of drug-likeness (QED) is 0.780. The van der Waals surface area contributed by atoms with Crippen LogP contribution in [0.2, 0.25) is 0 Å². The Morgan fingerprint density at radius 1 is 1.62 bits per heavy atom. The second-order valence-electron chi connectivity index (χ2n) is 3.79. The highest BCUT2D eigenvalue weighted by molar-refractivity contribution is 5.94. The van der Waals surface area contributed by atoms with Gasteiger partial charge in [-0.25, -0.2) is 0 Å². The van der Waals surface area contributed by atoms with E-state index < -0.39 is 0 Å². The first-order chi connectivity index (χ1) is 7.79. The average molecular weight is 221 g/mol. The van der Waals surface area contributed by atoms with E-state index in [1.54, 1.807) is 24.5 Å². The molecule has 1 aliphatic rings. The third-order valence-corrected chi connectivity index (χ3v) is 2.59. The molecule has 2 unspecified atom stereocenters. The summed E-state index contributed by atoms with van der Waals surface area (Å²) in [5.74, 6) is -0.121. The third-order valence-electron chi connectivity index (χ3n) is 2.59. The molecule has 2 rings (SSSR count). The number of carbonyl (C=O) groups excluding carboxylic acids is 1. The maximum atomic E-state index is 11.8. The van der Waals surface area contributed by atoms with Gasteiger partial charge >= 0.3 is 0 Å². The summed E-state index contributed by atoms with van der Waals surface area (Å²) in [6, 6.07) is 3.56. The number of nitrogens with two attached hydrogens (primary N) is 1. The van der Waals surface area contributed by atoms with E-state index in [2.05, 4.69) is 10.3 Å². The number of anilines is 1. The van der Waals surface area contributed by atoms with Crippen LogP contribution in [0.3, 0.4) is 0 Å². The molecule has 0 aliphatic carbocycles. The molecule has 86 valence electrons. The average Bonchev–Trinajstić information content (AvgIpc) is 2.79. The molecule has 0 radical (unpaired) electrons. The molecule has 2 heterocycles. The van der Waals surface area contributed by atoms with Crippen LogP contribution in [0.15, 0.2) is 24.5 Å². The number of carbonyl (C=O) groups is 1. The molecule has 0 spiro atoms. The minimum absolute atomic E-state index is 0.0182. The standard InChI is InChI=1S/C11H15N3O2/c12-6-9-3-4-10(16-9)11(15)14-8-2-1-5-13-7-8/h1-2,5,7,9-10H,3-4,6,12H2,(H,14,15). The van der Waals surface area contributed by atoms with E-state index in [0.717, 1.165) is 12.8 Å². The molecule has 2 atom stereocenters. The summed E-state index contributed by atoms with van der Waals surface area (Å²) in [5.41, 5.74) is 6.17.